The number of allylic oxidation sites excluding steroid dienone is 2. The highest BCUT2D eigenvalue weighted by Gasteiger charge is 2.51. The molecule has 4 atom stereocenters. The quantitative estimate of drug-likeness (QED) is 0.644. The second-order valence-corrected chi connectivity index (χ2v) is 8.37. The lowest BCUT2D eigenvalue weighted by atomic mass is 9.82. The van der Waals surface area contributed by atoms with Gasteiger partial charge in [-0.2, -0.15) is 0 Å². The molecule has 0 saturated heterocycles. The molecule has 9 heteroatoms. The van der Waals surface area contributed by atoms with Gasteiger partial charge in [-0.05, 0) is 36.5 Å². The van der Waals surface area contributed by atoms with Crippen molar-refractivity contribution in [1.29, 1.82) is 0 Å². The van der Waals surface area contributed by atoms with Gasteiger partial charge in [0.15, 0.2) is 0 Å². The summed E-state index contributed by atoms with van der Waals surface area (Å²) < 4.78 is 30.4. The van der Waals surface area contributed by atoms with E-state index in [0.717, 1.165) is 6.26 Å². The molecule has 3 rings (SSSR count). The molecule has 0 aromatic heterocycles. The Hall–Kier alpha value is -2.55. The van der Waals surface area contributed by atoms with E-state index in [9.17, 15) is 23.1 Å². The molecule has 2 bridgehead atoms. The van der Waals surface area contributed by atoms with Crippen LogP contribution in [0.4, 0.5) is 11.4 Å². The number of fused-ring (bicyclic) bond motifs is 2. The van der Waals surface area contributed by atoms with E-state index in [-0.39, 0.29) is 23.4 Å². The van der Waals surface area contributed by atoms with Gasteiger partial charge in [0.05, 0.1) is 30.9 Å². The molecule has 1 amide bonds. The van der Waals surface area contributed by atoms with Gasteiger partial charge >= 0.3 is 5.97 Å². The number of hydrogen-bond donors (Lipinski definition) is 3. The Morgan fingerprint density at radius 3 is 2.42 bits per heavy atom. The molecule has 2 aliphatic rings. The second kappa shape index (κ2) is 6.64. The number of aliphatic carboxylic acids is 1. The van der Waals surface area contributed by atoms with E-state index >= 15 is 0 Å². The summed E-state index contributed by atoms with van der Waals surface area (Å²) in [4.78, 5) is 24.2. The summed E-state index contributed by atoms with van der Waals surface area (Å²) in [7, 11) is -2.12. The molecule has 2 aliphatic carbocycles. The molecule has 26 heavy (non-hydrogen) atoms. The summed E-state index contributed by atoms with van der Waals surface area (Å²) in [5.74, 6) is -2.65. The number of nitrogens with one attached hydrogen (secondary N) is 2. The van der Waals surface area contributed by atoms with Gasteiger partial charge in [0.25, 0.3) is 0 Å². The number of methoxy groups -OCH3 is 1. The maximum Gasteiger partial charge on any atom is 0.307 e. The van der Waals surface area contributed by atoms with E-state index in [0.29, 0.717) is 17.9 Å². The summed E-state index contributed by atoms with van der Waals surface area (Å²) >= 11 is 0. The number of hydrogen-bond acceptors (Lipinski definition) is 5. The first-order chi connectivity index (χ1) is 12.2. The lowest BCUT2D eigenvalue weighted by molar-refractivity contribution is -0.146. The number of benzene rings is 1. The maximum absolute atomic E-state index is 12.7. The van der Waals surface area contributed by atoms with Gasteiger partial charge in [-0.1, -0.05) is 12.2 Å². The zero-order chi connectivity index (χ0) is 19.1. The van der Waals surface area contributed by atoms with Gasteiger partial charge in [-0.15, -0.1) is 0 Å². The first kappa shape index (κ1) is 18.2. The van der Waals surface area contributed by atoms with Crippen LogP contribution < -0.4 is 14.8 Å². The first-order valence-corrected chi connectivity index (χ1v) is 9.96. The molecule has 1 aromatic rings. The number of ether oxygens (including phenoxy) is 1. The number of carbonyl (C=O) groups is 2. The Balaban J connectivity index is 1.82. The number of carboxylic acid groups (broad SMARTS) is 1. The van der Waals surface area contributed by atoms with Crippen LogP contribution in [0, 0.1) is 23.7 Å². The molecule has 140 valence electrons. The van der Waals surface area contributed by atoms with Gasteiger partial charge in [-0.3, -0.25) is 14.3 Å². The van der Waals surface area contributed by atoms with Crippen LogP contribution in [0.2, 0.25) is 0 Å². The third-order valence-corrected chi connectivity index (χ3v) is 5.40. The minimum absolute atomic E-state index is 0.0898. The Kier molecular flexibility index (Phi) is 4.66. The Morgan fingerprint density at radius 2 is 1.85 bits per heavy atom. The Morgan fingerprint density at radius 1 is 1.19 bits per heavy atom. The van der Waals surface area contributed by atoms with E-state index < -0.39 is 27.8 Å². The van der Waals surface area contributed by atoms with Crippen molar-refractivity contribution in [3.05, 3.63) is 30.4 Å². The minimum atomic E-state index is -3.53. The van der Waals surface area contributed by atoms with Crippen LogP contribution in [0.15, 0.2) is 30.4 Å². The normalized spacial score (nSPS) is 26.5. The van der Waals surface area contributed by atoms with Crippen molar-refractivity contribution in [2.45, 2.75) is 6.42 Å². The minimum Gasteiger partial charge on any atom is -0.495 e. The molecule has 1 saturated carbocycles. The summed E-state index contributed by atoms with van der Waals surface area (Å²) in [6, 6.07) is 4.54. The third-order valence-electron chi connectivity index (χ3n) is 4.81. The first-order valence-electron chi connectivity index (χ1n) is 8.07. The maximum atomic E-state index is 12.7. The fraction of sp³-hybridized carbons (Fsp3) is 0.412. The van der Waals surface area contributed by atoms with Gasteiger partial charge in [0, 0.05) is 5.69 Å². The van der Waals surface area contributed by atoms with Crippen LogP contribution in [0.5, 0.6) is 5.75 Å². The van der Waals surface area contributed by atoms with Gasteiger partial charge < -0.3 is 15.2 Å². The third kappa shape index (κ3) is 3.52. The Bertz CT molecular complexity index is 879. The molecule has 3 N–H and O–H groups in total. The lowest BCUT2D eigenvalue weighted by Gasteiger charge is -2.24. The second-order valence-electron chi connectivity index (χ2n) is 6.62. The van der Waals surface area contributed by atoms with E-state index in [1.54, 1.807) is 6.07 Å². The lowest BCUT2D eigenvalue weighted by Crippen LogP contribution is -2.36. The number of carboxylic acids is 1. The van der Waals surface area contributed by atoms with Crippen molar-refractivity contribution >= 4 is 33.3 Å². The zero-order valence-corrected chi connectivity index (χ0v) is 15.1. The summed E-state index contributed by atoms with van der Waals surface area (Å²) in [6.07, 6.45) is 5.45. The van der Waals surface area contributed by atoms with Crippen LogP contribution in [0.25, 0.3) is 0 Å². The number of sulfonamides is 1. The average Bonchev–Trinajstić information content (AvgIpc) is 3.14. The molecule has 0 aliphatic heterocycles. The van der Waals surface area contributed by atoms with Crippen LogP contribution in [0.3, 0.4) is 0 Å². The summed E-state index contributed by atoms with van der Waals surface area (Å²) in [6.45, 7) is 0. The van der Waals surface area contributed by atoms with Crippen molar-refractivity contribution in [2.75, 3.05) is 23.4 Å². The fourth-order valence-electron chi connectivity index (χ4n) is 3.81. The monoisotopic (exact) mass is 380 g/mol. The van der Waals surface area contributed by atoms with Crippen molar-refractivity contribution in [2.24, 2.45) is 23.7 Å². The van der Waals surface area contributed by atoms with Crippen molar-refractivity contribution in [3.8, 4) is 5.75 Å². The van der Waals surface area contributed by atoms with E-state index in [1.807, 2.05) is 12.2 Å². The average molecular weight is 380 g/mol. The fourth-order valence-corrected chi connectivity index (χ4v) is 4.37. The topological polar surface area (TPSA) is 122 Å². The molecule has 0 spiro atoms. The van der Waals surface area contributed by atoms with E-state index in [4.69, 9.17) is 4.74 Å². The highest BCUT2D eigenvalue weighted by molar-refractivity contribution is 7.92. The summed E-state index contributed by atoms with van der Waals surface area (Å²) in [5, 5.41) is 12.2. The zero-order valence-electron chi connectivity index (χ0n) is 14.3. The van der Waals surface area contributed by atoms with Crippen molar-refractivity contribution < 1.29 is 27.9 Å². The number of rotatable bonds is 6. The van der Waals surface area contributed by atoms with E-state index in [2.05, 4.69) is 10.0 Å². The standard InChI is InChI=1S/C17H20N2O6S/c1-25-13-6-5-11(8-12(13)19-26(2,23)24)18-16(20)14-9-3-4-10(7-9)15(14)17(21)22/h3-6,8-10,14-15,19H,7H2,1-2H3,(H,18,20)(H,21,22). The predicted octanol–water partition coefficient (Wildman–Crippen LogP) is 1.53. The van der Waals surface area contributed by atoms with Crippen LogP contribution in [-0.4, -0.2) is 38.8 Å². The van der Waals surface area contributed by atoms with Gasteiger partial charge in [-0.25, -0.2) is 8.42 Å². The molecule has 0 radical (unpaired) electrons. The molecule has 1 aromatic carbocycles. The van der Waals surface area contributed by atoms with E-state index in [1.165, 1.54) is 19.2 Å². The molecular weight excluding hydrogens is 360 g/mol. The molecule has 4 unspecified atom stereocenters. The molecule has 0 heterocycles. The van der Waals surface area contributed by atoms with Gasteiger partial charge in [0.1, 0.15) is 5.75 Å². The summed E-state index contributed by atoms with van der Waals surface area (Å²) in [5.41, 5.74) is 0.549. The number of amides is 1. The predicted molar refractivity (Wildman–Crippen MR) is 95.4 cm³/mol. The van der Waals surface area contributed by atoms with Crippen molar-refractivity contribution in [3.63, 3.8) is 0 Å². The van der Waals surface area contributed by atoms with Gasteiger partial charge in [0.2, 0.25) is 15.9 Å². The SMILES string of the molecule is COc1ccc(NC(=O)C2C3C=CC(C3)C2C(=O)O)cc1NS(C)(=O)=O. The Labute approximate surface area is 151 Å². The van der Waals surface area contributed by atoms with Crippen LogP contribution >= 0.6 is 0 Å². The molecule has 1 fully saturated rings. The largest absolute Gasteiger partial charge is 0.495 e. The highest BCUT2D eigenvalue weighted by Crippen LogP contribution is 2.48. The number of carbonyl (C=O) groups excluding carboxylic acids is 1. The van der Waals surface area contributed by atoms with Crippen LogP contribution in [0.1, 0.15) is 6.42 Å². The molecule has 8 nitrogen and oxygen atoms in total. The smallest absolute Gasteiger partial charge is 0.307 e. The highest BCUT2D eigenvalue weighted by atomic mass is 32.2. The van der Waals surface area contributed by atoms with Crippen LogP contribution in [-0.2, 0) is 19.6 Å². The van der Waals surface area contributed by atoms with Crippen molar-refractivity contribution in [1.82, 2.24) is 0 Å². The molecular formula is C17H20N2O6S. The number of anilines is 2.